The number of anilines is 2. The van der Waals surface area contributed by atoms with Crippen molar-refractivity contribution < 1.29 is 0 Å². The Morgan fingerprint density at radius 3 is 1.33 bits per heavy atom. The van der Waals surface area contributed by atoms with E-state index in [1.54, 1.807) is 4.42 Å². The van der Waals surface area contributed by atoms with Gasteiger partial charge in [0.05, 0.1) is 11.4 Å². The third kappa shape index (κ3) is 2.74. The largest absolute Gasteiger partial charge is 0.254 e. The Balaban J connectivity index is 0.00000112. The van der Waals surface area contributed by atoms with Crippen molar-refractivity contribution in [1.29, 1.82) is 0 Å². The summed E-state index contributed by atoms with van der Waals surface area (Å²) in [6.45, 7) is 0. The summed E-state index contributed by atoms with van der Waals surface area (Å²) in [7, 11) is 0. The molecule has 2 rings (SSSR count). The molecule has 0 amide bonds. The lowest BCUT2D eigenvalue weighted by Gasteiger charge is -2.15. The van der Waals surface area contributed by atoms with Crippen LogP contribution in [0.2, 0.25) is 0 Å². The van der Waals surface area contributed by atoms with Crippen molar-refractivity contribution in [1.82, 2.24) is 0 Å². The average molecular weight is 220 g/mol. The molecule has 78 valence electrons. The normalized spacial score (nSPS) is 9.13. The minimum atomic E-state index is 0. The number of halogens is 1. The van der Waals surface area contributed by atoms with Crippen molar-refractivity contribution in [2.75, 3.05) is 4.42 Å². The van der Waals surface area contributed by atoms with Crippen molar-refractivity contribution in [3.8, 4) is 0 Å². The second-order valence-corrected chi connectivity index (χ2v) is 3.29. The van der Waals surface area contributed by atoms with Crippen LogP contribution in [0, 0.1) is 0 Å². The van der Waals surface area contributed by atoms with Gasteiger partial charge in [0, 0.05) is 11.8 Å². The van der Waals surface area contributed by atoms with Gasteiger partial charge in [0.1, 0.15) is 0 Å². The Morgan fingerprint density at radius 2 is 1.00 bits per heavy atom. The van der Waals surface area contributed by atoms with Gasteiger partial charge in [0.25, 0.3) is 0 Å². The van der Waals surface area contributed by atoms with Crippen LogP contribution >= 0.6 is 11.8 Å². The molecule has 0 aromatic heterocycles. The van der Waals surface area contributed by atoms with Crippen LogP contribution in [0.3, 0.4) is 0 Å². The van der Waals surface area contributed by atoms with Crippen molar-refractivity contribution in [2.24, 2.45) is 0 Å². The SMILES string of the molecule is C.ClN(c1ccccc1)c1ccccc1. The zero-order valence-corrected chi connectivity index (χ0v) is 8.35. The second-order valence-electron chi connectivity index (χ2n) is 2.95. The van der Waals surface area contributed by atoms with Crippen LogP contribution < -0.4 is 4.42 Å². The van der Waals surface area contributed by atoms with E-state index in [0.29, 0.717) is 0 Å². The van der Waals surface area contributed by atoms with E-state index in [1.165, 1.54) is 0 Å². The summed E-state index contributed by atoms with van der Waals surface area (Å²) < 4.78 is 1.64. The molecule has 2 aromatic carbocycles. The molecule has 2 heteroatoms. The number of para-hydroxylation sites is 2. The quantitative estimate of drug-likeness (QED) is 0.667. The van der Waals surface area contributed by atoms with Gasteiger partial charge in [-0.2, -0.15) is 0 Å². The topological polar surface area (TPSA) is 3.24 Å². The summed E-state index contributed by atoms with van der Waals surface area (Å²) in [4.78, 5) is 0. The Morgan fingerprint density at radius 1 is 0.667 bits per heavy atom. The van der Waals surface area contributed by atoms with Gasteiger partial charge >= 0.3 is 0 Å². The molecule has 0 aliphatic carbocycles. The van der Waals surface area contributed by atoms with Crippen molar-refractivity contribution in [3.05, 3.63) is 60.7 Å². The van der Waals surface area contributed by atoms with Crippen molar-refractivity contribution in [2.45, 2.75) is 7.43 Å². The maximum absolute atomic E-state index is 6.16. The summed E-state index contributed by atoms with van der Waals surface area (Å²) in [6, 6.07) is 19.7. The molecular weight excluding hydrogens is 206 g/mol. The lowest BCUT2D eigenvalue weighted by atomic mass is 10.3. The maximum Gasteiger partial charge on any atom is 0.0581 e. The predicted octanol–water partition coefficient (Wildman–Crippen LogP) is 4.61. The predicted molar refractivity (Wildman–Crippen MR) is 67.6 cm³/mol. The zero-order chi connectivity index (χ0) is 9.80. The van der Waals surface area contributed by atoms with Crippen LogP contribution in [0.25, 0.3) is 0 Å². The highest BCUT2D eigenvalue weighted by molar-refractivity contribution is 6.29. The monoisotopic (exact) mass is 219 g/mol. The van der Waals surface area contributed by atoms with Gasteiger partial charge in [0.15, 0.2) is 0 Å². The van der Waals surface area contributed by atoms with E-state index in [9.17, 15) is 0 Å². The fourth-order valence-corrected chi connectivity index (χ4v) is 1.49. The number of nitrogens with zero attached hydrogens (tertiary/aromatic N) is 1. The van der Waals surface area contributed by atoms with Gasteiger partial charge in [0.2, 0.25) is 0 Å². The van der Waals surface area contributed by atoms with Crippen LogP contribution in [-0.2, 0) is 0 Å². The van der Waals surface area contributed by atoms with Gasteiger partial charge in [-0.05, 0) is 24.3 Å². The summed E-state index contributed by atoms with van der Waals surface area (Å²) >= 11 is 6.16. The van der Waals surface area contributed by atoms with Gasteiger partial charge in [-0.1, -0.05) is 43.8 Å². The lowest BCUT2D eigenvalue weighted by Crippen LogP contribution is -2.00. The molecule has 1 nitrogen and oxygen atoms in total. The minimum absolute atomic E-state index is 0. The van der Waals surface area contributed by atoms with Gasteiger partial charge < -0.3 is 0 Å². The van der Waals surface area contributed by atoms with Crippen LogP contribution in [-0.4, -0.2) is 0 Å². The molecule has 0 saturated carbocycles. The molecule has 0 bridgehead atoms. The highest BCUT2D eigenvalue weighted by Crippen LogP contribution is 2.26. The molecule has 0 spiro atoms. The van der Waals surface area contributed by atoms with Crippen LogP contribution in [0.1, 0.15) is 7.43 Å². The smallest absolute Gasteiger partial charge is 0.0581 e. The molecule has 2 aromatic rings. The minimum Gasteiger partial charge on any atom is -0.254 e. The van der Waals surface area contributed by atoms with Gasteiger partial charge in [-0.3, -0.25) is 4.42 Å². The van der Waals surface area contributed by atoms with E-state index in [1.807, 2.05) is 60.7 Å². The highest BCUT2D eigenvalue weighted by Gasteiger charge is 2.03. The standard InChI is InChI=1S/C12H10ClN.CH4/c13-14(11-7-3-1-4-8-11)12-9-5-2-6-10-12;/h1-10H;1H4. The van der Waals surface area contributed by atoms with Crippen molar-refractivity contribution >= 4 is 23.2 Å². The molecule has 0 saturated heterocycles. The van der Waals surface area contributed by atoms with E-state index in [-0.39, 0.29) is 7.43 Å². The molecule has 0 atom stereocenters. The number of hydrogen-bond acceptors (Lipinski definition) is 1. The molecular formula is C13H14ClN. The lowest BCUT2D eigenvalue weighted by molar-refractivity contribution is 1.42. The summed E-state index contributed by atoms with van der Waals surface area (Å²) in [6.07, 6.45) is 0. The van der Waals surface area contributed by atoms with E-state index in [2.05, 4.69) is 0 Å². The first-order valence-corrected chi connectivity index (χ1v) is 4.78. The first kappa shape index (κ1) is 11.6. The summed E-state index contributed by atoms with van der Waals surface area (Å²) in [5.74, 6) is 0. The average Bonchev–Trinajstić information content (AvgIpc) is 2.30. The molecule has 0 aliphatic rings. The summed E-state index contributed by atoms with van der Waals surface area (Å²) in [5.41, 5.74) is 1.95. The molecule has 0 heterocycles. The number of hydrogen-bond donors (Lipinski definition) is 0. The van der Waals surface area contributed by atoms with E-state index in [0.717, 1.165) is 11.4 Å². The molecule has 0 radical (unpaired) electrons. The first-order chi connectivity index (χ1) is 6.88. The fraction of sp³-hybridized carbons (Fsp3) is 0.0769. The number of rotatable bonds is 2. The molecule has 0 unspecified atom stereocenters. The molecule has 0 aliphatic heterocycles. The van der Waals surface area contributed by atoms with E-state index >= 15 is 0 Å². The van der Waals surface area contributed by atoms with Crippen LogP contribution in [0.4, 0.5) is 11.4 Å². The van der Waals surface area contributed by atoms with Crippen LogP contribution in [0.15, 0.2) is 60.7 Å². The molecule has 15 heavy (non-hydrogen) atoms. The van der Waals surface area contributed by atoms with Gasteiger partial charge in [-0.15, -0.1) is 0 Å². The number of benzene rings is 2. The first-order valence-electron chi connectivity index (χ1n) is 4.44. The third-order valence-corrected chi connectivity index (χ3v) is 2.36. The van der Waals surface area contributed by atoms with E-state index in [4.69, 9.17) is 11.8 Å². The Kier molecular flexibility index (Phi) is 4.19. The highest BCUT2D eigenvalue weighted by atomic mass is 35.5. The summed E-state index contributed by atoms with van der Waals surface area (Å²) in [5, 5.41) is 0. The van der Waals surface area contributed by atoms with E-state index < -0.39 is 0 Å². The van der Waals surface area contributed by atoms with Crippen LogP contribution in [0.5, 0.6) is 0 Å². The third-order valence-electron chi connectivity index (χ3n) is 1.97. The molecule has 0 fully saturated rings. The fourth-order valence-electron chi connectivity index (χ4n) is 1.27. The Bertz CT molecular complexity index is 346. The maximum atomic E-state index is 6.16. The Hall–Kier alpha value is -1.47. The Labute approximate surface area is 96.0 Å². The molecule has 0 N–H and O–H groups in total. The van der Waals surface area contributed by atoms with Crippen molar-refractivity contribution in [3.63, 3.8) is 0 Å². The van der Waals surface area contributed by atoms with Gasteiger partial charge in [-0.25, -0.2) is 0 Å². The second kappa shape index (κ2) is 5.42. The zero-order valence-electron chi connectivity index (χ0n) is 7.60.